The Kier molecular flexibility index (Phi) is 5.41. The average Bonchev–Trinajstić information content (AvgIpc) is 2.65. The molecular formula is C12H21BrN2S. The Labute approximate surface area is 111 Å². The summed E-state index contributed by atoms with van der Waals surface area (Å²) < 4.78 is 0. The van der Waals surface area contributed by atoms with Crippen LogP contribution in [-0.4, -0.2) is 28.3 Å². The predicted molar refractivity (Wildman–Crippen MR) is 75.6 cm³/mol. The molecule has 0 saturated carbocycles. The van der Waals surface area contributed by atoms with Gasteiger partial charge in [0.2, 0.25) is 0 Å². The minimum absolute atomic E-state index is 0.168. The first-order chi connectivity index (χ1) is 7.47. The van der Waals surface area contributed by atoms with E-state index in [1.807, 2.05) is 0 Å². The lowest BCUT2D eigenvalue weighted by molar-refractivity contribution is 0.298. The third-order valence-electron chi connectivity index (χ3n) is 2.53. The molecule has 0 spiro atoms. The Morgan fingerprint density at radius 2 is 2.12 bits per heavy atom. The summed E-state index contributed by atoms with van der Waals surface area (Å²) in [7, 11) is 0. The maximum atomic E-state index is 4.71. The number of thiazole rings is 1. The lowest BCUT2D eigenvalue weighted by atomic mass is 9.93. The van der Waals surface area contributed by atoms with Crippen LogP contribution in [0.5, 0.6) is 0 Å². The molecule has 0 fully saturated rings. The quantitative estimate of drug-likeness (QED) is 0.772. The molecule has 2 nitrogen and oxygen atoms in total. The van der Waals surface area contributed by atoms with Crippen molar-refractivity contribution in [3.63, 3.8) is 0 Å². The fourth-order valence-corrected chi connectivity index (χ4v) is 2.95. The lowest BCUT2D eigenvalue weighted by Crippen LogP contribution is -2.24. The molecule has 0 amide bonds. The van der Waals surface area contributed by atoms with Crippen LogP contribution in [-0.2, 0) is 12.0 Å². The van der Waals surface area contributed by atoms with Gasteiger partial charge in [0.15, 0.2) is 0 Å². The van der Waals surface area contributed by atoms with Gasteiger partial charge >= 0.3 is 0 Å². The summed E-state index contributed by atoms with van der Waals surface area (Å²) in [6.45, 7) is 12.0. The average molecular weight is 305 g/mol. The van der Waals surface area contributed by atoms with Gasteiger partial charge in [-0.1, -0.05) is 43.6 Å². The monoisotopic (exact) mass is 304 g/mol. The highest BCUT2D eigenvalue weighted by Gasteiger charge is 2.17. The number of nitrogens with zero attached hydrogens (tertiary/aromatic N) is 2. The SMILES string of the molecule is CCN(CCBr)Cc1nc(C(C)(C)C)cs1. The molecule has 16 heavy (non-hydrogen) atoms. The van der Waals surface area contributed by atoms with Gasteiger partial charge in [-0.3, -0.25) is 4.90 Å². The van der Waals surface area contributed by atoms with Gasteiger partial charge in [-0.15, -0.1) is 11.3 Å². The molecule has 0 bridgehead atoms. The Morgan fingerprint density at radius 1 is 1.44 bits per heavy atom. The molecule has 1 aromatic heterocycles. The van der Waals surface area contributed by atoms with Crippen molar-refractivity contribution in [1.29, 1.82) is 0 Å². The number of alkyl halides is 1. The zero-order valence-corrected chi connectivity index (χ0v) is 13.0. The molecule has 0 N–H and O–H groups in total. The first-order valence-electron chi connectivity index (χ1n) is 5.70. The second-order valence-corrected chi connectivity index (χ2v) is 6.67. The molecule has 4 heteroatoms. The Morgan fingerprint density at radius 3 is 2.56 bits per heavy atom. The fraction of sp³-hybridized carbons (Fsp3) is 0.750. The summed E-state index contributed by atoms with van der Waals surface area (Å²) in [6.07, 6.45) is 0. The third kappa shape index (κ3) is 4.15. The van der Waals surface area contributed by atoms with Gasteiger partial charge in [-0.2, -0.15) is 0 Å². The van der Waals surface area contributed by atoms with Gasteiger partial charge in [0.1, 0.15) is 5.01 Å². The number of aromatic nitrogens is 1. The minimum atomic E-state index is 0.168. The fourth-order valence-electron chi connectivity index (χ4n) is 1.39. The normalized spacial score (nSPS) is 12.4. The maximum absolute atomic E-state index is 4.71. The highest BCUT2D eigenvalue weighted by Crippen LogP contribution is 2.24. The summed E-state index contributed by atoms with van der Waals surface area (Å²) >= 11 is 5.26. The molecule has 0 aliphatic carbocycles. The number of hydrogen-bond donors (Lipinski definition) is 0. The minimum Gasteiger partial charge on any atom is -0.296 e. The second-order valence-electron chi connectivity index (χ2n) is 4.93. The highest BCUT2D eigenvalue weighted by atomic mass is 79.9. The van der Waals surface area contributed by atoms with Gasteiger partial charge < -0.3 is 0 Å². The predicted octanol–water partition coefficient (Wildman–Crippen LogP) is 3.66. The van der Waals surface area contributed by atoms with Gasteiger partial charge in [0, 0.05) is 22.7 Å². The van der Waals surface area contributed by atoms with Crippen molar-refractivity contribution in [3.8, 4) is 0 Å². The van der Waals surface area contributed by atoms with Crippen LogP contribution in [0.25, 0.3) is 0 Å². The zero-order chi connectivity index (χ0) is 12.2. The van der Waals surface area contributed by atoms with Gasteiger partial charge in [0.05, 0.1) is 12.2 Å². The molecule has 0 saturated heterocycles. The van der Waals surface area contributed by atoms with Crippen LogP contribution in [0.1, 0.15) is 38.4 Å². The summed E-state index contributed by atoms with van der Waals surface area (Å²) in [5, 5.41) is 4.45. The summed E-state index contributed by atoms with van der Waals surface area (Å²) in [6, 6.07) is 0. The molecule has 92 valence electrons. The van der Waals surface area contributed by atoms with Gasteiger partial charge in [-0.25, -0.2) is 4.98 Å². The van der Waals surface area contributed by atoms with Crippen LogP contribution >= 0.6 is 27.3 Å². The van der Waals surface area contributed by atoms with Crippen LogP contribution < -0.4 is 0 Å². The second kappa shape index (κ2) is 6.12. The molecule has 1 aromatic rings. The van der Waals surface area contributed by atoms with Gasteiger partial charge in [0.25, 0.3) is 0 Å². The van der Waals surface area contributed by atoms with Crippen molar-refractivity contribution >= 4 is 27.3 Å². The standard InChI is InChI=1S/C12H21BrN2S/c1-5-15(7-6-13)8-11-14-10(9-16-11)12(2,3)4/h9H,5-8H2,1-4H3. The Balaban J connectivity index is 2.64. The van der Waals surface area contributed by atoms with E-state index in [-0.39, 0.29) is 5.41 Å². The number of rotatable bonds is 5. The van der Waals surface area contributed by atoms with E-state index in [9.17, 15) is 0 Å². The molecule has 1 rings (SSSR count). The Hall–Kier alpha value is 0.0700. The topological polar surface area (TPSA) is 16.1 Å². The van der Waals surface area contributed by atoms with Gasteiger partial charge in [-0.05, 0) is 6.54 Å². The molecule has 0 unspecified atom stereocenters. The Bertz CT molecular complexity index is 317. The van der Waals surface area contributed by atoms with E-state index in [1.165, 1.54) is 10.7 Å². The van der Waals surface area contributed by atoms with E-state index >= 15 is 0 Å². The smallest absolute Gasteiger partial charge is 0.107 e. The molecule has 0 atom stereocenters. The van der Waals surface area contributed by atoms with Crippen LogP contribution in [0.2, 0.25) is 0 Å². The van der Waals surface area contributed by atoms with Crippen molar-refractivity contribution < 1.29 is 0 Å². The van der Waals surface area contributed by atoms with E-state index in [0.29, 0.717) is 0 Å². The molecule has 0 aromatic carbocycles. The third-order valence-corrected chi connectivity index (χ3v) is 3.72. The molecular weight excluding hydrogens is 284 g/mol. The molecule has 0 radical (unpaired) electrons. The van der Waals surface area contributed by atoms with E-state index in [4.69, 9.17) is 4.98 Å². The number of hydrogen-bond acceptors (Lipinski definition) is 3. The lowest BCUT2D eigenvalue weighted by Gasteiger charge is -2.17. The van der Waals surface area contributed by atoms with Crippen molar-refractivity contribution in [2.75, 3.05) is 18.4 Å². The first kappa shape index (κ1) is 14.1. The molecule has 1 heterocycles. The van der Waals surface area contributed by atoms with Crippen LogP contribution in [0.15, 0.2) is 5.38 Å². The van der Waals surface area contributed by atoms with E-state index in [1.54, 1.807) is 11.3 Å². The van der Waals surface area contributed by atoms with Crippen molar-refractivity contribution in [3.05, 3.63) is 16.1 Å². The zero-order valence-electron chi connectivity index (χ0n) is 10.6. The number of halogens is 1. The molecule has 0 aliphatic rings. The van der Waals surface area contributed by atoms with E-state index in [2.05, 4.69) is 53.9 Å². The van der Waals surface area contributed by atoms with E-state index < -0.39 is 0 Å². The summed E-state index contributed by atoms with van der Waals surface area (Å²) in [5.74, 6) is 0. The van der Waals surface area contributed by atoms with Crippen LogP contribution in [0.3, 0.4) is 0 Å². The summed E-state index contributed by atoms with van der Waals surface area (Å²) in [5.41, 5.74) is 1.38. The van der Waals surface area contributed by atoms with Crippen molar-refractivity contribution in [1.82, 2.24) is 9.88 Å². The van der Waals surface area contributed by atoms with Crippen LogP contribution in [0, 0.1) is 0 Å². The van der Waals surface area contributed by atoms with Crippen molar-refractivity contribution in [2.24, 2.45) is 0 Å². The van der Waals surface area contributed by atoms with Crippen molar-refractivity contribution in [2.45, 2.75) is 39.7 Å². The maximum Gasteiger partial charge on any atom is 0.107 e. The van der Waals surface area contributed by atoms with E-state index in [0.717, 1.165) is 25.0 Å². The highest BCUT2D eigenvalue weighted by molar-refractivity contribution is 9.09. The first-order valence-corrected chi connectivity index (χ1v) is 7.70. The largest absolute Gasteiger partial charge is 0.296 e. The van der Waals surface area contributed by atoms with Crippen LogP contribution in [0.4, 0.5) is 0 Å². The molecule has 0 aliphatic heterocycles. The summed E-state index contributed by atoms with van der Waals surface area (Å²) in [4.78, 5) is 7.12.